The van der Waals surface area contributed by atoms with Gasteiger partial charge in [0.25, 0.3) is 0 Å². The van der Waals surface area contributed by atoms with Gasteiger partial charge in [0.05, 0.1) is 0 Å². The highest BCUT2D eigenvalue weighted by Crippen LogP contribution is 2.05. The minimum absolute atomic E-state index is 1.13. The number of hydrazone groups is 1. The van der Waals surface area contributed by atoms with E-state index in [0.717, 1.165) is 13.1 Å². The van der Waals surface area contributed by atoms with E-state index in [1.807, 2.05) is 0 Å². The lowest BCUT2D eigenvalue weighted by atomic mass is 10.1. The minimum Gasteiger partial charge on any atom is -0.361 e. The summed E-state index contributed by atoms with van der Waals surface area (Å²) >= 11 is 0. The maximum absolute atomic E-state index is 4.99. The highest BCUT2D eigenvalue weighted by Gasteiger charge is 2.04. The van der Waals surface area contributed by atoms with Crippen LogP contribution in [0, 0.1) is 0 Å². The molecule has 1 saturated heterocycles. The van der Waals surface area contributed by atoms with Crippen molar-refractivity contribution in [2.75, 3.05) is 13.1 Å². The quantitative estimate of drug-likeness (QED) is 0.239. The molecule has 0 bridgehead atoms. The Bertz CT molecular complexity index is 94.5. The fraction of sp³-hybridized carbons (Fsp3) is 0.833. The number of rotatable bonds is 1. The monoisotopic (exact) mass is 127 g/mol. The zero-order valence-electron chi connectivity index (χ0n) is 5.58. The third-order valence-corrected chi connectivity index (χ3v) is 1.62. The van der Waals surface area contributed by atoms with E-state index in [9.17, 15) is 0 Å². The molecule has 0 radical (unpaired) electrons. The van der Waals surface area contributed by atoms with Gasteiger partial charge in [-0.05, 0) is 19.3 Å². The fourth-order valence-corrected chi connectivity index (χ4v) is 1.13. The van der Waals surface area contributed by atoms with Crippen molar-refractivity contribution in [3.63, 3.8) is 0 Å². The third kappa shape index (κ3) is 1.91. The van der Waals surface area contributed by atoms with Crippen LogP contribution in [-0.2, 0) is 0 Å². The molecule has 1 aliphatic heterocycles. The Labute approximate surface area is 55.5 Å². The zero-order chi connectivity index (χ0) is 6.53. The SMILES string of the molecule is NN=CN1CCCCC1. The van der Waals surface area contributed by atoms with Crippen LogP contribution in [0.4, 0.5) is 0 Å². The van der Waals surface area contributed by atoms with Crippen LogP contribution in [0.3, 0.4) is 0 Å². The summed E-state index contributed by atoms with van der Waals surface area (Å²) in [5.41, 5.74) is 0. The van der Waals surface area contributed by atoms with E-state index in [-0.39, 0.29) is 0 Å². The molecule has 0 spiro atoms. The smallest absolute Gasteiger partial charge is 0.111 e. The van der Waals surface area contributed by atoms with E-state index in [0.29, 0.717) is 0 Å². The van der Waals surface area contributed by atoms with Crippen LogP contribution in [0.15, 0.2) is 5.10 Å². The van der Waals surface area contributed by atoms with E-state index < -0.39 is 0 Å². The molecule has 1 aliphatic rings. The Hall–Kier alpha value is -0.730. The molecule has 9 heavy (non-hydrogen) atoms. The Morgan fingerprint density at radius 1 is 1.22 bits per heavy atom. The molecule has 3 nitrogen and oxygen atoms in total. The predicted molar refractivity (Wildman–Crippen MR) is 38.1 cm³/mol. The van der Waals surface area contributed by atoms with Crippen LogP contribution in [0.5, 0.6) is 0 Å². The second-order valence-corrected chi connectivity index (χ2v) is 2.36. The molecule has 0 aromatic heterocycles. The van der Waals surface area contributed by atoms with Crippen LogP contribution in [0.25, 0.3) is 0 Å². The molecule has 0 aromatic carbocycles. The average Bonchev–Trinajstić information content (AvgIpc) is 1.91. The second-order valence-electron chi connectivity index (χ2n) is 2.36. The molecule has 0 saturated carbocycles. The second kappa shape index (κ2) is 3.33. The summed E-state index contributed by atoms with van der Waals surface area (Å²) in [4.78, 5) is 2.16. The van der Waals surface area contributed by atoms with Crippen LogP contribution < -0.4 is 5.84 Å². The van der Waals surface area contributed by atoms with Gasteiger partial charge in [0, 0.05) is 13.1 Å². The van der Waals surface area contributed by atoms with E-state index >= 15 is 0 Å². The molecule has 52 valence electrons. The van der Waals surface area contributed by atoms with Gasteiger partial charge < -0.3 is 10.7 Å². The molecule has 0 aliphatic carbocycles. The summed E-state index contributed by atoms with van der Waals surface area (Å²) in [6, 6.07) is 0. The molecule has 0 amide bonds. The summed E-state index contributed by atoms with van der Waals surface area (Å²) in [6.45, 7) is 2.25. The number of likely N-dealkylation sites (tertiary alicyclic amines) is 1. The fourth-order valence-electron chi connectivity index (χ4n) is 1.13. The van der Waals surface area contributed by atoms with Crippen molar-refractivity contribution in [1.82, 2.24) is 4.90 Å². The number of piperidine rings is 1. The van der Waals surface area contributed by atoms with Crippen LogP contribution in [0.2, 0.25) is 0 Å². The molecule has 1 rings (SSSR count). The van der Waals surface area contributed by atoms with E-state index in [2.05, 4.69) is 10.0 Å². The Kier molecular flexibility index (Phi) is 2.36. The zero-order valence-corrected chi connectivity index (χ0v) is 5.58. The van der Waals surface area contributed by atoms with Gasteiger partial charge in [-0.1, -0.05) is 0 Å². The third-order valence-electron chi connectivity index (χ3n) is 1.62. The lowest BCUT2D eigenvalue weighted by Crippen LogP contribution is -2.28. The Morgan fingerprint density at radius 2 is 1.89 bits per heavy atom. The number of hydrogen-bond acceptors (Lipinski definition) is 2. The largest absolute Gasteiger partial charge is 0.361 e. The first kappa shape index (κ1) is 6.39. The van der Waals surface area contributed by atoms with Crippen LogP contribution >= 0.6 is 0 Å². The lowest BCUT2D eigenvalue weighted by molar-refractivity contribution is 0.350. The normalized spacial score (nSPS) is 21.1. The van der Waals surface area contributed by atoms with Crippen molar-refractivity contribution in [2.45, 2.75) is 19.3 Å². The molecule has 0 aromatic rings. The molecule has 1 heterocycles. The molecule has 3 heteroatoms. The van der Waals surface area contributed by atoms with Crippen molar-refractivity contribution < 1.29 is 0 Å². The van der Waals surface area contributed by atoms with Crippen molar-refractivity contribution in [2.24, 2.45) is 10.9 Å². The van der Waals surface area contributed by atoms with Gasteiger partial charge in [-0.2, -0.15) is 5.10 Å². The van der Waals surface area contributed by atoms with Crippen LogP contribution in [-0.4, -0.2) is 24.3 Å². The number of nitrogens with two attached hydrogens (primary N) is 1. The first-order chi connectivity index (χ1) is 4.43. The van der Waals surface area contributed by atoms with Gasteiger partial charge in [0.2, 0.25) is 0 Å². The van der Waals surface area contributed by atoms with Crippen molar-refractivity contribution in [3.8, 4) is 0 Å². The summed E-state index contributed by atoms with van der Waals surface area (Å²) in [5, 5.41) is 3.46. The first-order valence-corrected chi connectivity index (χ1v) is 3.41. The molecule has 1 fully saturated rings. The number of nitrogens with zero attached hydrogens (tertiary/aromatic N) is 2. The van der Waals surface area contributed by atoms with E-state index in [1.165, 1.54) is 19.3 Å². The van der Waals surface area contributed by atoms with Gasteiger partial charge in [0.1, 0.15) is 6.34 Å². The molecular formula is C6H13N3. The maximum Gasteiger partial charge on any atom is 0.111 e. The average molecular weight is 127 g/mol. The molecule has 0 atom stereocenters. The van der Waals surface area contributed by atoms with Crippen molar-refractivity contribution in [3.05, 3.63) is 0 Å². The van der Waals surface area contributed by atoms with Crippen LogP contribution in [0.1, 0.15) is 19.3 Å². The Morgan fingerprint density at radius 3 is 2.44 bits per heavy atom. The van der Waals surface area contributed by atoms with Crippen molar-refractivity contribution in [1.29, 1.82) is 0 Å². The van der Waals surface area contributed by atoms with Gasteiger partial charge in [-0.15, -0.1) is 0 Å². The summed E-state index contributed by atoms with van der Waals surface area (Å²) in [5.74, 6) is 4.99. The molecule has 0 unspecified atom stereocenters. The lowest BCUT2D eigenvalue weighted by Gasteiger charge is -2.23. The van der Waals surface area contributed by atoms with Gasteiger partial charge in [-0.3, -0.25) is 0 Å². The van der Waals surface area contributed by atoms with E-state index in [1.54, 1.807) is 6.34 Å². The summed E-state index contributed by atoms with van der Waals surface area (Å²) in [7, 11) is 0. The predicted octanol–water partition coefficient (Wildman–Crippen LogP) is 0.374. The number of hydrogen-bond donors (Lipinski definition) is 1. The minimum atomic E-state index is 1.13. The highest BCUT2D eigenvalue weighted by atomic mass is 15.2. The standard InChI is InChI=1S/C6H13N3/c7-8-6-9-4-2-1-3-5-9/h6H,1-5,7H2. The van der Waals surface area contributed by atoms with Crippen molar-refractivity contribution >= 4 is 6.34 Å². The first-order valence-electron chi connectivity index (χ1n) is 3.41. The summed E-state index contributed by atoms with van der Waals surface area (Å²) < 4.78 is 0. The maximum atomic E-state index is 4.99. The van der Waals surface area contributed by atoms with E-state index in [4.69, 9.17) is 5.84 Å². The van der Waals surface area contributed by atoms with Gasteiger partial charge in [-0.25, -0.2) is 0 Å². The van der Waals surface area contributed by atoms with Gasteiger partial charge in [0.15, 0.2) is 0 Å². The topological polar surface area (TPSA) is 41.6 Å². The highest BCUT2D eigenvalue weighted by molar-refractivity contribution is 5.54. The van der Waals surface area contributed by atoms with Gasteiger partial charge >= 0.3 is 0 Å². The molecule has 2 N–H and O–H groups in total. The Balaban J connectivity index is 2.23. The molecular weight excluding hydrogens is 114 g/mol. The summed E-state index contributed by atoms with van der Waals surface area (Å²) in [6.07, 6.45) is 5.64.